The summed E-state index contributed by atoms with van der Waals surface area (Å²) in [7, 11) is 1.68. The maximum absolute atomic E-state index is 13.1. The first kappa shape index (κ1) is 23.5. The summed E-state index contributed by atoms with van der Waals surface area (Å²) in [4.78, 5) is 19.6. The number of carbonyl (C=O) groups excluding carboxylic acids is 1. The molecule has 0 atom stereocenters. The van der Waals surface area contributed by atoms with Gasteiger partial charge < -0.3 is 18.9 Å². The van der Waals surface area contributed by atoms with Crippen LogP contribution < -0.4 is 9.47 Å². The van der Waals surface area contributed by atoms with Gasteiger partial charge in [0.25, 0.3) is 5.91 Å². The zero-order valence-electron chi connectivity index (χ0n) is 17.9. The highest BCUT2D eigenvalue weighted by Gasteiger charge is 2.18. The molecule has 0 spiro atoms. The fraction of sp³-hybridized carbons (Fsp3) is 0.318. The number of hydrogen-bond acceptors (Lipinski definition) is 7. The van der Waals surface area contributed by atoms with Crippen molar-refractivity contribution in [2.75, 3.05) is 13.7 Å². The van der Waals surface area contributed by atoms with Crippen LogP contribution >= 0.6 is 11.8 Å². The summed E-state index contributed by atoms with van der Waals surface area (Å²) in [6.07, 6.45) is 0. The van der Waals surface area contributed by atoms with Gasteiger partial charge in [-0.1, -0.05) is 23.4 Å². The van der Waals surface area contributed by atoms with Gasteiger partial charge in [-0.3, -0.25) is 4.79 Å². The van der Waals surface area contributed by atoms with Crippen LogP contribution in [-0.4, -0.2) is 41.2 Å². The maximum atomic E-state index is 13.1. The third-order valence-corrected chi connectivity index (χ3v) is 5.40. The Kier molecular flexibility index (Phi) is 8.04. The second-order valence-corrected chi connectivity index (χ2v) is 7.79. The van der Waals surface area contributed by atoms with Gasteiger partial charge in [-0.25, -0.2) is 0 Å². The average molecular weight is 464 g/mol. The fourth-order valence-corrected chi connectivity index (χ4v) is 3.86. The lowest BCUT2D eigenvalue weighted by Gasteiger charge is -2.20. The van der Waals surface area contributed by atoms with Crippen LogP contribution in [0.3, 0.4) is 0 Å². The maximum Gasteiger partial charge on any atom is 0.387 e. The molecule has 10 heteroatoms. The van der Waals surface area contributed by atoms with Gasteiger partial charge in [-0.2, -0.15) is 13.8 Å². The Hall–Kier alpha value is -3.14. The predicted molar refractivity (Wildman–Crippen MR) is 115 cm³/mol. The Bertz CT molecular complexity index is 1060. The summed E-state index contributed by atoms with van der Waals surface area (Å²) in [5.74, 6) is 1.49. The van der Waals surface area contributed by atoms with Gasteiger partial charge in [0.15, 0.2) is 17.3 Å². The quantitative estimate of drug-likeness (QED) is 0.394. The van der Waals surface area contributed by atoms with E-state index < -0.39 is 6.61 Å². The number of carbonyl (C=O) groups is 1. The van der Waals surface area contributed by atoms with Crippen LogP contribution in [0.2, 0.25) is 0 Å². The van der Waals surface area contributed by atoms with E-state index in [1.807, 2.05) is 12.1 Å². The molecule has 0 bridgehead atoms. The number of amides is 1. The van der Waals surface area contributed by atoms with E-state index in [9.17, 15) is 13.6 Å². The molecule has 0 unspecified atom stereocenters. The normalized spacial score (nSPS) is 10.9. The zero-order valence-corrected chi connectivity index (χ0v) is 18.7. The Morgan fingerprint density at radius 3 is 2.69 bits per heavy atom. The third-order valence-electron chi connectivity index (χ3n) is 4.33. The number of ether oxygens (including phenoxy) is 2. The first-order valence-electron chi connectivity index (χ1n) is 9.84. The van der Waals surface area contributed by atoms with Crippen molar-refractivity contribution in [3.05, 3.63) is 65.3 Å². The van der Waals surface area contributed by atoms with E-state index in [1.165, 1.54) is 17.8 Å². The summed E-state index contributed by atoms with van der Waals surface area (Å²) < 4.78 is 40.1. The number of hydrogen-bond donors (Lipinski definition) is 0. The van der Waals surface area contributed by atoms with Gasteiger partial charge in [-0.05, 0) is 36.8 Å². The largest absolute Gasteiger partial charge is 0.490 e. The van der Waals surface area contributed by atoms with Crippen LogP contribution in [0.15, 0.2) is 51.9 Å². The Labute approximate surface area is 188 Å². The Morgan fingerprint density at radius 2 is 2.00 bits per heavy atom. The topological polar surface area (TPSA) is 77.7 Å². The van der Waals surface area contributed by atoms with Gasteiger partial charge in [0.05, 0.1) is 17.9 Å². The molecule has 3 rings (SSSR count). The molecule has 1 aromatic heterocycles. The Morgan fingerprint density at radius 1 is 1.22 bits per heavy atom. The first-order chi connectivity index (χ1) is 15.4. The fourth-order valence-electron chi connectivity index (χ4n) is 2.98. The lowest BCUT2D eigenvalue weighted by atomic mass is 10.1. The van der Waals surface area contributed by atoms with Gasteiger partial charge in [-0.15, -0.1) is 11.8 Å². The van der Waals surface area contributed by atoms with Gasteiger partial charge in [0, 0.05) is 25.4 Å². The molecule has 0 aliphatic rings. The zero-order chi connectivity index (χ0) is 23.1. The monoisotopic (exact) mass is 463 g/mol. The smallest absolute Gasteiger partial charge is 0.387 e. The number of aryl methyl sites for hydroxylation is 1. The van der Waals surface area contributed by atoms with Gasteiger partial charge >= 0.3 is 6.61 Å². The summed E-state index contributed by atoms with van der Waals surface area (Å²) in [5, 5.41) is 3.87. The highest BCUT2D eigenvalue weighted by Crippen LogP contribution is 2.31. The summed E-state index contributed by atoms with van der Waals surface area (Å²) in [6, 6.07) is 11.9. The predicted octanol–water partition coefficient (Wildman–Crippen LogP) is 4.94. The van der Waals surface area contributed by atoms with Crippen molar-refractivity contribution in [3.8, 4) is 11.5 Å². The molecule has 0 N–H and O–H groups in total. The van der Waals surface area contributed by atoms with Crippen molar-refractivity contribution >= 4 is 17.7 Å². The molecule has 1 heterocycles. The molecule has 3 aromatic rings. The molecule has 0 radical (unpaired) electrons. The van der Waals surface area contributed by atoms with Crippen LogP contribution in [0.1, 0.15) is 34.6 Å². The van der Waals surface area contributed by atoms with Crippen LogP contribution in [0.4, 0.5) is 8.78 Å². The van der Waals surface area contributed by atoms with Crippen molar-refractivity contribution in [2.24, 2.45) is 0 Å². The molecule has 32 heavy (non-hydrogen) atoms. The molecule has 1 amide bonds. The molecule has 2 aromatic carbocycles. The molecule has 170 valence electrons. The van der Waals surface area contributed by atoms with Crippen LogP contribution in [-0.2, 0) is 12.3 Å². The van der Waals surface area contributed by atoms with Crippen molar-refractivity contribution in [1.29, 1.82) is 0 Å². The van der Waals surface area contributed by atoms with Gasteiger partial charge in [0.2, 0.25) is 5.89 Å². The van der Waals surface area contributed by atoms with E-state index in [0.717, 1.165) is 10.5 Å². The lowest BCUT2D eigenvalue weighted by Crippen LogP contribution is -2.26. The number of benzene rings is 2. The molecule has 0 saturated carbocycles. The van der Waals surface area contributed by atoms with E-state index in [1.54, 1.807) is 50.1 Å². The summed E-state index contributed by atoms with van der Waals surface area (Å²) in [5.41, 5.74) is 1.27. The van der Waals surface area contributed by atoms with Crippen LogP contribution in [0, 0.1) is 6.92 Å². The highest BCUT2D eigenvalue weighted by atomic mass is 32.2. The van der Waals surface area contributed by atoms with Crippen molar-refractivity contribution in [2.45, 2.75) is 37.7 Å². The minimum atomic E-state index is -2.95. The standard InChI is InChI=1S/C22H23F2N3O4S/c1-4-29-18-11-15(9-10-17(18)30-22(23)24)12-27(3)21(28)16-7-5-6-8-19(16)32-13-20-25-14(2)31-26-20/h5-11,22H,4,12-13H2,1-3H3. The summed E-state index contributed by atoms with van der Waals surface area (Å²) in [6.45, 7) is 1.07. The number of thioether (sulfide) groups is 1. The molecule has 0 aliphatic heterocycles. The highest BCUT2D eigenvalue weighted by molar-refractivity contribution is 7.98. The molecule has 7 nitrogen and oxygen atoms in total. The van der Waals surface area contributed by atoms with E-state index in [0.29, 0.717) is 29.6 Å². The number of rotatable bonds is 10. The Balaban J connectivity index is 1.72. The van der Waals surface area contributed by atoms with Crippen molar-refractivity contribution in [1.82, 2.24) is 15.0 Å². The van der Waals surface area contributed by atoms with E-state index >= 15 is 0 Å². The minimum Gasteiger partial charge on any atom is -0.490 e. The molecular weight excluding hydrogens is 440 g/mol. The third kappa shape index (κ3) is 6.19. The lowest BCUT2D eigenvalue weighted by molar-refractivity contribution is -0.0514. The molecule has 0 saturated heterocycles. The SMILES string of the molecule is CCOc1cc(CN(C)C(=O)c2ccccc2SCc2noc(C)n2)ccc1OC(F)F. The van der Waals surface area contributed by atoms with E-state index in [2.05, 4.69) is 14.9 Å². The number of halogens is 2. The first-order valence-corrected chi connectivity index (χ1v) is 10.8. The number of nitrogens with zero attached hydrogens (tertiary/aromatic N) is 3. The number of alkyl halides is 2. The van der Waals surface area contributed by atoms with Crippen molar-refractivity contribution in [3.63, 3.8) is 0 Å². The molecule has 0 aliphatic carbocycles. The molecule has 0 fully saturated rings. The average Bonchev–Trinajstić information content (AvgIpc) is 3.18. The van der Waals surface area contributed by atoms with Crippen LogP contribution in [0.25, 0.3) is 0 Å². The second kappa shape index (κ2) is 10.9. The van der Waals surface area contributed by atoms with Gasteiger partial charge in [0.1, 0.15) is 0 Å². The number of aromatic nitrogens is 2. The summed E-state index contributed by atoms with van der Waals surface area (Å²) >= 11 is 1.44. The van der Waals surface area contributed by atoms with E-state index in [4.69, 9.17) is 9.26 Å². The van der Waals surface area contributed by atoms with Crippen molar-refractivity contribution < 1.29 is 27.6 Å². The minimum absolute atomic E-state index is 0.0435. The molecular formula is C22H23F2N3O4S. The second-order valence-electron chi connectivity index (χ2n) is 6.77. The van der Waals surface area contributed by atoms with Crippen LogP contribution in [0.5, 0.6) is 11.5 Å². The van der Waals surface area contributed by atoms with E-state index in [-0.39, 0.29) is 24.0 Å².